The third-order valence-corrected chi connectivity index (χ3v) is 5.48. The van der Waals surface area contributed by atoms with Crippen LogP contribution in [0, 0.1) is 18.8 Å². The number of methoxy groups -OCH3 is 1. The van der Waals surface area contributed by atoms with Gasteiger partial charge in [0.1, 0.15) is 11.4 Å². The maximum atomic E-state index is 12.8. The first-order valence-corrected chi connectivity index (χ1v) is 9.77. The second kappa shape index (κ2) is 7.02. The van der Waals surface area contributed by atoms with E-state index in [4.69, 9.17) is 4.74 Å². The van der Waals surface area contributed by atoms with Gasteiger partial charge in [0.05, 0.1) is 19.2 Å². The van der Waals surface area contributed by atoms with Crippen molar-refractivity contribution in [2.75, 3.05) is 7.11 Å². The number of aryl methyl sites for hydroxylation is 1. The Bertz CT molecular complexity index is 1470. The topological polar surface area (TPSA) is 135 Å². The maximum absolute atomic E-state index is 12.8. The zero-order valence-electron chi connectivity index (χ0n) is 17.2. The van der Waals surface area contributed by atoms with Crippen LogP contribution < -0.4 is 20.4 Å². The van der Waals surface area contributed by atoms with E-state index in [1.54, 1.807) is 30.7 Å². The predicted octanol–water partition coefficient (Wildman–Crippen LogP) is 0.984. The van der Waals surface area contributed by atoms with Crippen molar-refractivity contribution in [3.8, 4) is 23.5 Å². The van der Waals surface area contributed by atoms with Gasteiger partial charge in [-0.2, -0.15) is 0 Å². The van der Waals surface area contributed by atoms with E-state index in [-0.39, 0.29) is 12.4 Å². The number of amides is 3. The lowest BCUT2D eigenvalue weighted by atomic mass is 9.99. The zero-order chi connectivity index (χ0) is 22.5. The van der Waals surface area contributed by atoms with Crippen LogP contribution in [0.4, 0.5) is 4.79 Å². The number of nitrogens with zero attached hydrogens (tertiary/aromatic N) is 2. The first kappa shape index (κ1) is 19.4. The number of fused-ring (bicyclic) bond motifs is 2. The molecule has 0 aliphatic carbocycles. The Balaban J connectivity index is 1.58. The lowest BCUT2D eigenvalue weighted by Crippen LogP contribution is -2.49. The van der Waals surface area contributed by atoms with Crippen LogP contribution in [0.1, 0.15) is 11.3 Å². The van der Waals surface area contributed by atoms with Gasteiger partial charge in [-0.25, -0.2) is 9.78 Å². The molecule has 0 bridgehead atoms. The summed E-state index contributed by atoms with van der Waals surface area (Å²) in [5, 5.41) is 16.9. The van der Waals surface area contributed by atoms with E-state index in [1.165, 1.54) is 11.7 Å². The van der Waals surface area contributed by atoms with E-state index in [9.17, 15) is 14.7 Å². The lowest BCUT2D eigenvalue weighted by Gasteiger charge is -2.20. The van der Waals surface area contributed by atoms with Gasteiger partial charge in [0.15, 0.2) is 17.7 Å². The Morgan fingerprint density at radius 3 is 2.91 bits per heavy atom. The van der Waals surface area contributed by atoms with E-state index < -0.39 is 17.5 Å². The zero-order valence-corrected chi connectivity index (χ0v) is 17.2. The number of carbonyl (C=O) groups is 2. The number of aromatic hydroxyl groups is 1. The van der Waals surface area contributed by atoms with Crippen LogP contribution in [0.3, 0.4) is 0 Å². The number of aromatic amines is 2. The second-order valence-corrected chi connectivity index (χ2v) is 7.55. The molecule has 1 saturated heterocycles. The van der Waals surface area contributed by atoms with Crippen LogP contribution in [0.25, 0.3) is 21.9 Å². The second-order valence-electron chi connectivity index (χ2n) is 7.55. The monoisotopic (exact) mass is 431 g/mol. The first-order chi connectivity index (χ1) is 15.4. The van der Waals surface area contributed by atoms with E-state index >= 15 is 0 Å². The minimum Gasteiger partial charge on any atom is -0.497 e. The summed E-state index contributed by atoms with van der Waals surface area (Å²) in [7, 11) is 1.54. The molecule has 1 aromatic carbocycles. The van der Waals surface area contributed by atoms with E-state index in [0.717, 1.165) is 10.9 Å². The number of carbonyl (C=O) groups excluding carboxylic acids is 2. The minimum atomic E-state index is -1.57. The highest BCUT2D eigenvalue weighted by Crippen LogP contribution is 2.32. The summed E-state index contributed by atoms with van der Waals surface area (Å²) in [4.78, 5) is 35.2. The number of urea groups is 1. The highest BCUT2D eigenvalue weighted by atomic mass is 16.5. The fourth-order valence-electron chi connectivity index (χ4n) is 3.77. The van der Waals surface area contributed by atoms with Crippen LogP contribution in [-0.4, -0.2) is 44.2 Å². The number of benzene rings is 1. The number of imidazole rings is 1. The molecule has 1 fully saturated rings. The highest BCUT2D eigenvalue weighted by Gasteiger charge is 2.46. The number of pyridine rings is 1. The van der Waals surface area contributed by atoms with Gasteiger partial charge in [-0.1, -0.05) is 11.8 Å². The van der Waals surface area contributed by atoms with Crippen molar-refractivity contribution in [1.29, 1.82) is 0 Å². The Morgan fingerprint density at radius 1 is 1.31 bits per heavy atom. The molecular weight excluding hydrogens is 412 g/mol. The van der Waals surface area contributed by atoms with Crippen molar-refractivity contribution >= 4 is 33.9 Å². The summed E-state index contributed by atoms with van der Waals surface area (Å²) >= 11 is 0. The summed E-state index contributed by atoms with van der Waals surface area (Å²) in [6.07, 6.45) is 3.36. The van der Waals surface area contributed by atoms with Gasteiger partial charge in [-0.05, 0) is 25.1 Å². The van der Waals surface area contributed by atoms with Crippen molar-refractivity contribution in [2.45, 2.75) is 19.0 Å². The first-order valence-electron chi connectivity index (χ1n) is 9.77. The van der Waals surface area contributed by atoms with Crippen molar-refractivity contribution in [3.05, 3.63) is 48.0 Å². The molecule has 10 heteroatoms. The van der Waals surface area contributed by atoms with Crippen molar-refractivity contribution in [3.63, 3.8) is 0 Å². The number of rotatable bonds is 3. The molecule has 0 radical (unpaired) electrons. The summed E-state index contributed by atoms with van der Waals surface area (Å²) in [5.41, 5.74) is 1.15. The van der Waals surface area contributed by atoms with E-state index in [0.29, 0.717) is 28.0 Å². The number of ether oxygens (including phenoxy) is 1. The Labute approximate surface area is 181 Å². The molecule has 3 amide bonds. The normalized spacial score (nSPS) is 17.8. The largest absolute Gasteiger partial charge is 0.497 e. The predicted molar refractivity (Wildman–Crippen MR) is 114 cm³/mol. The van der Waals surface area contributed by atoms with Crippen LogP contribution in [-0.2, 0) is 11.3 Å². The summed E-state index contributed by atoms with van der Waals surface area (Å²) in [6.45, 7) is 1.72. The van der Waals surface area contributed by atoms with Crippen molar-refractivity contribution in [2.24, 2.45) is 0 Å². The Hall–Kier alpha value is -4.52. The molecule has 0 spiro atoms. The standard InChI is InChI=1S/C22H18N6O4/c1-12-13(7-17-18(25-12)24-11-23-17)5-6-22(20(30)26-21(31)27-22)10-28-9-14-3-4-15(32-2)8-16(14)19(28)29/h3-4,7-9,11,29H,10H2,1-2H3,(H,23,24,25)(H2,26,27,30,31)/p+1/t22-/m1/s1. The molecule has 32 heavy (non-hydrogen) atoms. The number of H-pyrrole nitrogens is 2. The smallest absolute Gasteiger partial charge is 0.323 e. The van der Waals surface area contributed by atoms with Gasteiger partial charge in [0, 0.05) is 23.0 Å². The summed E-state index contributed by atoms with van der Waals surface area (Å²) in [6, 6.07) is 6.44. The van der Waals surface area contributed by atoms with E-state index in [1.807, 2.05) is 13.0 Å². The molecule has 0 unspecified atom stereocenters. The fourth-order valence-corrected chi connectivity index (χ4v) is 3.77. The average molecular weight is 431 g/mol. The molecule has 160 valence electrons. The third-order valence-electron chi connectivity index (χ3n) is 5.48. The maximum Gasteiger partial charge on any atom is 0.323 e. The van der Waals surface area contributed by atoms with Crippen molar-refractivity contribution < 1.29 is 24.4 Å². The molecule has 0 saturated carbocycles. The van der Waals surface area contributed by atoms with Crippen LogP contribution in [0.5, 0.6) is 11.6 Å². The highest BCUT2D eigenvalue weighted by molar-refractivity contribution is 6.09. The number of nitrogens with one attached hydrogen (secondary N) is 4. The lowest BCUT2D eigenvalue weighted by molar-refractivity contribution is -0.347. The number of hydrogen-bond donors (Lipinski definition) is 4. The van der Waals surface area contributed by atoms with Gasteiger partial charge >= 0.3 is 6.03 Å². The molecule has 5 N–H and O–H groups in total. The Kier molecular flexibility index (Phi) is 4.27. The average Bonchev–Trinajstić information content (AvgIpc) is 3.42. The molecule has 10 nitrogen and oxygen atoms in total. The van der Waals surface area contributed by atoms with Crippen LogP contribution >= 0.6 is 0 Å². The molecule has 1 aliphatic rings. The fraction of sp³-hybridized carbons (Fsp3) is 0.182. The van der Waals surface area contributed by atoms with Crippen molar-refractivity contribution in [1.82, 2.24) is 25.2 Å². The number of hydrogen-bond acceptors (Lipinski definition) is 5. The van der Waals surface area contributed by atoms with Crippen LogP contribution in [0.2, 0.25) is 0 Å². The molecule has 4 aromatic rings. The molecule has 5 rings (SSSR count). The molecule has 1 atom stereocenters. The molecule has 3 aromatic heterocycles. The van der Waals surface area contributed by atoms with Gasteiger partial charge in [0.25, 0.3) is 11.6 Å². The van der Waals surface area contributed by atoms with Gasteiger partial charge in [-0.15, -0.1) is 4.98 Å². The minimum absolute atomic E-state index is 0.0600. The van der Waals surface area contributed by atoms with Crippen LogP contribution in [0.15, 0.2) is 36.8 Å². The third kappa shape index (κ3) is 3.07. The number of imide groups is 1. The Morgan fingerprint density at radius 2 is 2.16 bits per heavy atom. The summed E-state index contributed by atoms with van der Waals surface area (Å²) in [5.74, 6) is 5.84. The van der Waals surface area contributed by atoms with E-state index in [2.05, 4.69) is 37.4 Å². The SMILES string of the molecule is COc1ccc2cn(C[C@@]3(C#Cc4cc5[nH]c[nH+]c5nc4C)NC(=O)NC3=O)c(O)c2c1. The summed E-state index contributed by atoms with van der Waals surface area (Å²) < 4.78 is 6.70. The quantitative estimate of drug-likeness (QED) is 0.283. The molecular formula is C22H19N6O4+. The number of aromatic nitrogens is 4. The van der Waals surface area contributed by atoms with Gasteiger partial charge in [-0.3, -0.25) is 15.1 Å². The molecule has 4 heterocycles. The van der Waals surface area contributed by atoms with Gasteiger partial charge < -0.3 is 19.7 Å². The van der Waals surface area contributed by atoms with Gasteiger partial charge in [0.2, 0.25) is 5.54 Å². The molecule has 1 aliphatic heterocycles.